The van der Waals surface area contributed by atoms with Gasteiger partial charge in [-0.3, -0.25) is 4.98 Å². The summed E-state index contributed by atoms with van der Waals surface area (Å²) in [5.74, 6) is -1.81. The van der Waals surface area contributed by atoms with Crippen LogP contribution in [0.25, 0.3) is 0 Å². The molecule has 0 spiro atoms. The van der Waals surface area contributed by atoms with E-state index in [0.717, 1.165) is 31.7 Å². The van der Waals surface area contributed by atoms with Crippen LogP contribution in [0.5, 0.6) is 0 Å². The predicted molar refractivity (Wildman–Crippen MR) is 65.1 cm³/mol. The maximum Gasteiger partial charge on any atom is 0.490 e. The SMILES string of the molecule is NC1CCCN(c2cnccn2)C1.O=C(O)C(F)(F)F. The second kappa shape index (κ2) is 7.04. The van der Waals surface area contributed by atoms with Gasteiger partial charge in [-0.25, -0.2) is 9.78 Å². The molecule has 1 aliphatic heterocycles. The number of anilines is 1. The highest BCUT2D eigenvalue weighted by Crippen LogP contribution is 2.15. The van der Waals surface area contributed by atoms with Gasteiger partial charge in [-0.15, -0.1) is 0 Å². The van der Waals surface area contributed by atoms with Crippen LogP contribution in [0.3, 0.4) is 0 Å². The molecule has 1 unspecified atom stereocenters. The fourth-order valence-electron chi connectivity index (χ4n) is 1.67. The molecule has 2 rings (SSSR count). The molecule has 1 atom stereocenters. The zero-order chi connectivity index (χ0) is 15.2. The molecule has 1 aliphatic rings. The van der Waals surface area contributed by atoms with Crippen molar-refractivity contribution in [3.63, 3.8) is 0 Å². The molecule has 112 valence electrons. The second-order valence-corrected chi connectivity index (χ2v) is 4.21. The van der Waals surface area contributed by atoms with E-state index in [4.69, 9.17) is 15.6 Å². The maximum absolute atomic E-state index is 10.6. The van der Waals surface area contributed by atoms with Crippen molar-refractivity contribution in [2.24, 2.45) is 5.73 Å². The number of alkyl halides is 3. The number of rotatable bonds is 1. The van der Waals surface area contributed by atoms with E-state index in [1.165, 1.54) is 0 Å². The molecule has 6 nitrogen and oxygen atoms in total. The Morgan fingerprint density at radius 3 is 2.55 bits per heavy atom. The molecule has 0 radical (unpaired) electrons. The summed E-state index contributed by atoms with van der Waals surface area (Å²) in [6.45, 7) is 1.95. The quantitative estimate of drug-likeness (QED) is 0.803. The third-order valence-corrected chi connectivity index (χ3v) is 2.57. The Morgan fingerprint density at radius 2 is 2.10 bits per heavy atom. The highest BCUT2D eigenvalue weighted by Gasteiger charge is 2.38. The van der Waals surface area contributed by atoms with Crippen LogP contribution in [-0.4, -0.2) is 46.4 Å². The number of nitrogens with two attached hydrogens (primary N) is 1. The highest BCUT2D eigenvalue weighted by atomic mass is 19.4. The molecule has 1 saturated heterocycles. The van der Waals surface area contributed by atoms with E-state index in [-0.39, 0.29) is 6.04 Å². The van der Waals surface area contributed by atoms with Crippen LogP contribution < -0.4 is 10.6 Å². The molecule has 0 aromatic carbocycles. The first-order chi connectivity index (χ1) is 9.30. The van der Waals surface area contributed by atoms with Gasteiger partial charge < -0.3 is 15.7 Å². The zero-order valence-corrected chi connectivity index (χ0v) is 10.5. The van der Waals surface area contributed by atoms with Crippen molar-refractivity contribution in [1.82, 2.24) is 9.97 Å². The van der Waals surface area contributed by atoms with Gasteiger partial charge in [-0.2, -0.15) is 13.2 Å². The lowest BCUT2D eigenvalue weighted by molar-refractivity contribution is -0.192. The minimum Gasteiger partial charge on any atom is -0.475 e. The van der Waals surface area contributed by atoms with Gasteiger partial charge in [0, 0.05) is 31.5 Å². The number of aliphatic carboxylic acids is 1. The molecule has 20 heavy (non-hydrogen) atoms. The number of piperidine rings is 1. The van der Waals surface area contributed by atoms with Gasteiger partial charge in [-0.1, -0.05) is 0 Å². The van der Waals surface area contributed by atoms with Crippen LogP contribution in [0.4, 0.5) is 19.0 Å². The molecule has 2 heterocycles. The van der Waals surface area contributed by atoms with Crippen molar-refractivity contribution < 1.29 is 23.1 Å². The summed E-state index contributed by atoms with van der Waals surface area (Å²) in [6, 6.07) is 0.288. The van der Waals surface area contributed by atoms with Crippen molar-refractivity contribution in [1.29, 1.82) is 0 Å². The van der Waals surface area contributed by atoms with Crippen molar-refractivity contribution in [2.75, 3.05) is 18.0 Å². The summed E-state index contributed by atoms with van der Waals surface area (Å²) in [7, 11) is 0. The molecule has 1 aromatic heterocycles. The normalized spacial score (nSPS) is 19.0. The van der Waals surface area contributed by atoms with E-state index < -0.39 is 12.1 Å². The van der Waals surface area contributed by atoms with Crippen LogP contribution in [0.15, 0.2) is 18.6 Å². The predicted octanol–water partition coefficient (Wildman–Crippen LogP) is 1.04. The lowest BCUT2D eigenvalue weighted by atomic mass is 10.1. The monoisotopic (exact) mass is 292 g/mol. The van der Waals surface area contributed by atoms with E-state index in [0.29, 0.717) is 0 Å². The van der Waals surface area contributed by atoms with Gasteiger partial charge in [0.15, 0.2) is 0 Å². The summed E-state index contributed by atoms with van der Waals surface area (Å²) < 4.78 is 31.7. The summed E-state index contributed by atoms with van der Waals surface area (Å²) >= 11 is 0. The van der Waals surface area contributed by atoms with Crippen LogP contribution >= 0.6 is 0 Å². The Balaban J connectivity index is 0.000000246. The Bertz CT molecular complexity index is 427. The average molecular weight is 292 g/mol. The number of carbonyl (C=O) groups is 1. The molecule has 0 bridgehead atoms. The highest BCUT2D eigenvalue weighted by molar-refractivity contribution is 5.73. The molecule has 1 aromatic rings. The molecule has 3 N–H and O–H groups in total. The molecular formula is C11H15F3N4O2. The van der Waals surface area contributed by atoms with Crippen molar-refractivity contribution >= 4 is 11.8 Å². The number of nitrogens with zero attached hydrogens (tertiary/aromatic N) is 3. The van der Waals surface area contributed by atoms with Crippen molar-refractivity contribution in [3.8, 4) is 0 Å². The van der Waals surface area contributed by atoms with Gasteiger partial charge >= 0.3 is 12.1 Å². The molecule has 1 fully saturated rings. The zero-order valence-electron chi connectivity index (χ0n) is 10.5. The number of carboxylic acid groups (broad SMARTS) is 1. The van der Waals surface area contributed by atoms with Crippen molar-refractivity contribution in [3.05, 3.63) is 18.6 Å². The third kappa shape index (κ3) is 5.39. The maximum atomic E-state index is 10.6. The van der Waals surface area contributed by atoms with E-state index >= 15 is 0 Å². The second-order valence-electron chi connectivity index (χ2n) is 4.21. The number of hydrogen-bond donors (Lipinski definition) is 2. The average Bonchev–Trinajstić information content (AvgIpc) is 2.39. The third-order valence-electron chi connectivity index (χ3n) is 2.57. The van der Waals surface area contributed by atoms with E-state index in [1.54, 1.807) is 18.6 Å². The molecule has 0 saturated carbocycles. The van der Waals surface area contributed by atoms with Gasteiger partial charge in [-0.05, 0) is 12.8 Å². The Hall–Kier alpha value is -1.90. The first kappa shape index (κ1) is 16.2. The van der Waals surface area contributed by atoms with Crippen LogP contribution in [0.1, 0.15) is 12.8 Å². The first-order valence-electron chi connectivity index (χ1n) is 5.87. The van der Waals surface area contributed by atoms with Crippen LogP contribution in [-0.2, 0) is 4.79 Å². The van der Waals surface area contributed by atoms with Crippen LogP contribution in [0.2, 0.25) is 0 Å². The minimum absolute atomic E-state index is 0.288. The van der Waals surface area contributed by atoms with E-state index in [9.17, 15) is 13.2 Å². The van der Waals surface area contributed by atoms with Gasteiger partial charge in [0.2, 0.25) is 0 Å². The Labute approximate surface area is 113 Å². The Kier molecular flexibility index (Phi) is 5.68. The molecule has 0 aliphatic carbocycles. The topological polar surface area (TPSA) is 92.3 Å². The fraction of sp³-hybridized carbons (Fsp3) is 0.545. The largest absolute Gasteiger partial charge is 0.490 e. The lowest BCUT2D eigenvalue weighted by Crippen LogP contribution is -2.43. The molecule has 0 amide bonds. The van der Waals surface area contributed by atoms with Gasteiger partial charge in [0.1, 0.15) is 5.82 Å². The Morgan fingerprint density at radius 1 is 1.45 bits per heavy atom. The van der Waals surface area contributed by atoms with Crippen molar-refractivity contribution in [2.45, 2.75) is 25.1 Å². The minimum atomic E-state index is -5.08. The summed E-state index contributed by atoms with van der Waals surface area (Å²) in [6.07, 6.45) is 2.38. The summed E-state index contributed by atoms with van der Waals surface area (Å²) in [5.41, 5.74) is 5.87. The standard InChI is InChI=1S/C9H14N4.C2HF3O2/c10-8-2-1-5-13(7-8)9-6-11-3-4-12-9;3-2(4,5)1(6)7/h3-4,6,8H,1-2,5,7,10H2;(H,6,7). The van der Waals surface area contributed by atoms with Crippen LogP contribution in [0, 0.1) is 0 Å². The summed E-state index contributed by atoms with van der Waals surface area (Å²) in [5, 5.41) is 7.12. The van der Waals surface area contributed by atoms with Gasteiger partial charge in [0.05, 0.1) is 6.20 Å². The number of carboxylic acids is 1. The first-order valence-corrected chi connectivity index (χ1v) is 5.87. The van der Waals surface area contributed by atoms with E-state index in [1.807, 2.05) is 0 Å². The number of hydrogen-bond acceptors (Lipinski definition) is 5. The van der Waals surface area contributed by atoms with Gasteiger partial charge in [0.25, 0.3) is 0 Å². The smallest absolute Gasteiger partial charge is 0.475 e. The lowest BCUT2D eigenvalue weighted by Gasteiger charge is -2.31. The summed E-state index contributed by atoms with van der Waals surface area (Å²) in [4.78, 5) is 19.4. The fourth-order valence-corrected chi connectivity index (χ4v) is 1.67. The molecule has 9 heteroatoms. The number of aromatic nitrogens is 2. The molecular weight excluding hydrogens is 277 g/mol. The number of halogens is 3. The van der Waals surface area contributed by atoms with E-state index in [2.05, 4.69) is 14.9 Å².